The maximum atomic E-state index is 13.7. The second-order valence-electron chi connectivity index (χ2n) is 15.5. The highest BCUT2D eigenvalue weighted by Crippen LogP contribution is 2.46. The van der Waals surface area contributed by atoms with Crippen LogP contribution in [0.15, 0.2) is 66.9 Å². The number of aromatic nitrogens is 2. The van der Waals surface area contributed by atoms with E-state index < -0.39 is 7.14 Å². The zero-order valence-electron chi connectivity index (χ0n) is 33.9. The smallest absolute Gasteiger partial charge is 0.228 e. The van der Waals surface area contributed by atoms with Gasteiger partial charge in [-0.2, -0.15) is 10.1 Å². The van der Waals surface area contributed by atoms with Crippen molar-refractivity contribution in [3.63, 3.8) is 0 Å². The molecule has 2 aliphatic heterocycles. The summed E-state index contributed by atoms with van der Waals surface area (Å²) in [4.78, 5) is 22.7. The van der Waals surface area contributed by atoms with Crippen molar-refractivity contribution in [3.05, 3.63) is 47.0 Å². The van der Waals surface area contributed by atoms with E-state index in [0.29, 0.717) is 50.1 Å². The standard InChI is InChI=1S/C40H56BrN10O3P/c1-13-44-35-30(42-7)14-15-31(36(35)55(11,12)52)46-37(27(4)41)48-38(43-8)47-32-20-29(28-22-45-49(9)23-28)33(21-34(32)53-10)50-18-16-40(17-19-50)25-51(26(2)3)24-39(5,6)54-40/h13-15,20-23,26,46H,7-8,16-19,24-25H2,1-6,9-12H3,(H,47,48)/b37-27+,44-13-. The third-order valence-electron chi connectivity index (χ3n) is 9.94. The Morgan fingerprint density at radius 1 is 1.13 bits per heavy atom. The molecule has 2 N–H and O–H groups in total. The monoisotopic (exact) mass is 834 g/mol. The molecule has 296 valence electrons. The Kier molecular flexibility index (Phi) is 13.0. The molecule has 3 aromatic rings. The molecule has 2 saturated heterocycles. The number of anilines is 3. The number of benzene rings is 2. The van der Waals surface area contributed by atoms with Crippen LogP contribution in [0.3, 0.4) is 0 Å². The minimum absolute atomic E-state index is 0.197. The SMILES string of the molecule is C=N/C(=N\C(Nc1ccc(N=C)c(/N=C\C)c1P(C)(C)=O)=C(/C)Br)Nc1cc(-c2cnn(C)c2)c(N2CCC3(CC2)CN(C(C)C)CC(C)(C)O3)cc1OC. The molecule has 2 fully saturated rings. The van der Waals surface area contributed by atoms with Crippen LogP contribution >= 0.6 is 23.1 Å². The number of aliphatic imine (C=N–C) groups is 4. The van der Waals surface area contributed by atoms with Crippen LogP contribution < -0.4 is 25.6 Å². The van der Waals surface area contributed by atoms with Gasteiger partial charge in [-0.1, -0.05) is 15.9 Å². The molecule has 15 heteroatoms. The Hall–Kier alpha value is -4.10. The van der Waals surface area contributed by atoms with E-state index in [1.165, 1.54) is 0 Å². The van der Waals surface area contributed by atoms with E-state index in [1.54, 1.807) is 50.4 Å². The van der Waals surface area contributed by atoms with Crippen molar-refractivity contribution < 1.29 is 14.0 Å². The number of piperidine rings is 1. The first-order chi connectivity index (χ1) is 25.9. The molecule has 1 aromatic heterocycles. The van der Waals surface area contributed by atoms with Gasteiger partial charge in [0.2, 0.25) is 5.96 Å². The molecule has 0 aliphatic carbocycles. The Bertz CT molecular complexity index is 2050. The van der Waals surface area contributed by atoms with Crippen LogP contribution in [-0.4, -0.2) is 104 Å². The first-order valence-electron chi connectivity index (χ1n) is 18.5. The van der Waals surface area contributed by atoms with E-state index in [-0.39, 0.29) is 17.2 Å². The van der Waals surface area contributed by atoms with E-state index in [9.17, 15) is 4.57 Å². The van der Waals surface area contributed by atoms with Gasteiger partial charge in [0.1, 0.15) is 24.4 Å². The molecule has 3 heterocycles. The maximum Gasteiger partial charge on any atom is 0.228 e. The van der Waals surface area contributed by atoms with Crippen molar-refractivity contribution in [1.82, 2.24) is 14.7 Å². The van der Waals surface area contributed by atoms with Crippen LogP contribution in [0.25, 0.3) is 11.1 Å². The van der Waals surface area contributed by atoms with Crippen LogP contribution in [0.2, 0.25) is 0 Å². The Labute approximate surface area is 334 Å². The number of rotatable bonds is 11. The average molecular weight is 836 g/mol. The predicted octanol–water partition coefficient (Wildman–Crippen LogP) is 8.42. The minimum Gasteiger partial charge on any atom is -0.494 e. The fraction of sp³-hybridized carbons (Fsp3) is 0.475. The van der Waals surface area contributed by atoms with Gasteiger partial charge in [0.05, 0.1) is 46.9 Å². The number of nitrogens with zero attached hydrogens (tertiary/aromatic N) is 8. The highest BCUT2D eigenvalue weighted by molar-refractivity contribution is 9.11. The molecular weight excluding hydrogens is 779 g/mol. The molecule has 0 unspecified atom stereocenters. The van der Waals surface area contributed by atoms with Crippen LogP contribution in [0.1, 0.15) is 54.4 Å². The van der Waals surface area contributed by atoms with Gasteiger partial charge < -0.3 is 29.6 Å². The number of ether oxygens (including phenoxy) is 2. The molecular formula is C40H56BrN10O3P. The Morgan fingerprint density at radius 2 is 1.84 bits per heavy atom. The lowest BCUT2D eigenvalue weighted by Crippen LogP contribution is -2.63. The van der Waals surface area contributed by atoms with Crippen molar-refractivity contribution >= 4 is 82.4 Å². The third-order valence-corrected chi connectivity index (χ3v) is 11.8. The summed E-state index contributed by atoms with van der Waals surface area (Å²) in [6.07, 6.45) is 7.34. The summed E-state index contributed by atoms with van der Waals surface area (Å²) in [5.41, 5.74) is 4.84. The number of nitrogens with one attached hydrogen (secondary N) is 2. The number of guanidine groups is 1. The molecule has 55 heavy (non-hydrogen) atoms. The van der Waals surface area contributed by atoms with Crippen molar-refractivity contribution in [2.45, 2.75) is 71.6 Å². The van der Waals surface area contributed by atoms with Crippen LogP contribution in [0.4, 0.5) is 28.4 Å². The molecule has 0 amide bonds. The zero-order chi connectivity index (χ0) is 40.3. The second-order valence-corrected chi connectivity index (χ2v) is 19.8. The van der Waals surface area contributed by atoms with Gasteiger partial charge in [-0.25, -0.2) is 4.99 Å². The molecule has 2 aromatic carbocycles. The zero-order valence-corrected chi connectivity index (χ0v) is 36.4. The number of allylic oxidation sites excluding steroid dienone is 1. The summed E-state index contributed by atoms with van der Waals surface area (Å²) in [5, 5.41) is 11.8. The molecule has 0 bridgehead atoms. The molecule has 13 nitrogen and oxygen atoms in total. The first-order valence-corrected chi connectivity index (χ1v) is 21.9. The summed E-state index contributed by atoms with van der Waals surface area (Å²) < 4.78 is 29.0. The normalized spacial score (nSPS) is 18.1. The van der Waals surface area contributed by atoms with E-state index in [2.05, 4.69) is 104 Å². The molecule has 1 spiro atoms. The van der Waals surface area contributed by atoms with Crippen molar-refractivity contribution in [2.75, 3.05) is 62.2 Å². The van der Waals surface area contributed by atoms with E-state index in [1.807, 2.05) is 32.4 Å². The minimum atomic E-state index is -2.87. The van der Waals surface area contributed by atoms with Gasteiger partial charge in [-0.05, 0) is 99.3 Å². The summed E-state index contributed by atoms with van der Waals surface area (Å²) >= 11 is 3.61. The summed E-state index contributed by atoms with van der Waals surface area (Å²) in [6.45, 7) is 27.0. The Morgan fingerprint density at radius 3 is 2.38 bits per heavy atom. The average Bonchev–Trinajstić information content (AvgIpc) is 3.55. The molecule has 0 atom stereocenters. The van der Waals surface area contributed by atoms with Crippen molar-refractivity contribution in [3.8, 4) is 16.9 Å². The lowest BCUT2D eigenvalue weighted by Gasteiger charge is -2.54. The van der Waals surface area contributed by atoms with Crippen LogP contribution in [0, 0.1) is 0 Å². The molecule has 0 saturated carbocycles. The highest BCUT2D eigenvalue weighted by Gasteiger charge is 2.46. The quantitative estimate of drug-likeness (QED) is 0.112. The van der Waals surface area contributed by atoms with Gasteiger partial charge in [-0.15, -0.1) is 0 Å². The van der Waals surface area contributed by atoms with Crippen LogP contribution in [-0.2, 0) is 16.3 Å². The van der Waals surface area contributed by atoms with Gasteiger partial charge in [0.15, 0.2) is 0 Å². The number of halogens is 1. The summed E-state index contributed by atoms with van der Waals surface area (Å²) in [7, 11) is 0.697. The number of hydrogen-bond donors (Lipinski definition) is 2. The van der Waals surface area contributed by atoms with Gasteiger partial charge in [0, 0.05) is 79.0 Å². The maximum absolute atomic E-state index is 13.7. The molecule has 0 radical (unpaired) electrons. The highest BCUT2D eigenvalue weighted by atomic mass is 79.9. The number of aryl methyl sites for hydroxylation is 1. The molecule has 2 aliphatic rings. The van der Waals surface area contributed by atoms with Crippen molar-refractivity contribution in [1.29, 1.82) is 0 Å². The first kappa shape index (κ1) is 42.1. The summed E-state index contributed by atoms with van der Waals surface area (Å²) in [5.74, 6) is 1.25. The topological polar surface area (TPSA) is 133 Å². The lowest BCUT2D eigenvalue weighted by atomic mass is 9.85. The van der Waals surface area contributed by atoms with E-state index in [0.717, 1.165) is 55.8 Å². The third kappa shape index (κ3) is 9.65. The number of methoxy groups -OCH3 is 1. The fourth-order valence-corrected chi connectivity index (χ4v) is 9.06. The van der Waals surface area contributed by atoms with Gasteiger partial charge >= 0.3 is 0 Å². The second kappa shape index (κ2) is 17.0. The predicted molar refractivity (Wildman–Crippen MR) is 236 cm³/mol. The largest absolute Gasteiger partial charge is 0.494 e. The Balaban J connectivity index is 1.50. The van der Waals surface area contributed by atoms with Crippen molar-refractivity contribution in [2.24, 2.45) is 27.0 Å². The van der Waals surface area contributed by atoms with Gasteiger partial charge in [0.25, 0.3) is 0 Å². The summed E-state index contributed by atoms with van der Waals surface area (Å²) in [6, 6.07) is 8.16. The number of morpholine rings is 1. The lowest BCUT2D eigenvalue weighted by molar-refractivity contribution is -0.209. The van der Waals surface area contributed by atoms with Crippen LogP contribution in [0.5, 0.6) is 5.75 Å². The van der Waals surface area contributed by atoms with Gasteiger partial charge in [-0.3, -0.25) is 19.6 Å². The van der Waals surface area contributed by atoms with E-state index in [4.69, 9.17) is 14.5 Å². The number of hydrogen-bond acceptors (Lipinski definition) is 10. The van der Waals surface area contributed by atoms with E-state index >= 15 is 0 Å². The molecule has 5 rings (SSSR count). The fourth-order valence-electron chi connectivity index (χ4n) is 7.48.